The number of allylic oxidation sites excluding steroid dienone is 2. The van der Waals surface area contributed by atoms with Crippen LogP contribution in [0.1, 0.15) is 75.2 Å². The maximum Gasteiger partial charge on any atom is 0.313 e. The highest BCUT2D eigenvalue weighted by molar-refractivity contribution is 8.01. The summed E-state index contributed by atoms with van der Waals surface area (Å²) < 4.78 is -0.0446. The topological polar surface area (TPSA) is 37.3 Å². The lowest BCUT2D eigenvalue weighted by molar-refractivity contribution is -0.133. The molecule has 0 saturated carbocycles. The molecule has 3 heteroatoms. The van der Waals surface area contributed by atoms with Gasteiger partial charge in [0.15, 0.2) is 0 Å². The van der Waals surface area contributed by atoms with Crippen LogP contribution in [0.4, 0.5) is 0 Å². The summed E-state index contributed by atoms with van der Waals surface area (Å²) in [4.78, 5) is 10.8. The van der Waals surface area contributed by atoms with Crippen LogP contribution in [0.2, 0.25) is 0 Å². The molecule has 0 aromatic heterocycles. The fraction of sp³-hybridized carbons (Fsp3) is 0.842. The van der Waals surface area contributed by atoms with E-state index in [0.29, 0.717) is 5.41 Å². The van der Waals surface area contributed by atoms with E-state index in [2.05, 4.69) is 74.5 Å². The van der Waals surface area contributed by atoms with Gasteiger partial charge in [0.2, 0.25) is 0 Å². The first-order valence-electron chi connectivity index (χ1n) is 8.12. The van der Waals surface area contributed by atoms with Gasteiger partial charge in [-0.15, -0.1) is 11.8 Å². The molecule has 0 radical (unpaired) electrons. The number of carbonyl (C=O) groups is 1. The van der Waals surface area contributed by atoms with Crippen molar-refractivity contribution in [1.29, 1.82) is 0 Å². The van der Waals surface area contributed by atoms with E-state index in [9.17, 15) is 4.79 Å². The highest BCUT2D eigenvalue weighted by Gasteiger charge is 2.39. The zero-order chi connectivity index (χ0) is 17.8. The molecule has 1 N–H and O–H groups in total. The van der Waals surface area contributed by atoms with E-state index in [4.69, 9.17) is 5.11 Å². The smallest absolute Gasteiger partial charge is 0.313 e. The molecule has 0 unspecified atom stereocenters. The van der Waals surface area contributed by atoms with Gasteiger partial charge in [0.05, 0.1) is 5.75 Å². The van der Waals surface area contributed by atoms with Gasteiger partial charge in [0.25, 0.3) is 0 Å². The molecule has 0 rings (SSSR count). The minimum atomic E-state index is -0.736. The number of hydrogen-bond acceptors (Lipinski definition) is 2. The molecular weight excluding hydrogens is 292 g/mol. The van der Waals surface area contributed by atoms with Gasteiger partial charge in [-0.25, -0.2) is 0 Å². The molecule has 0 aromatic carbocycles. The zero-order valence-corrected chi connectivity index (χ0v) is 16.9. The normalized spacial score (nSPS) is 14.6. The summed E-state index contributed by atoms with van der Waals surface area (Å²) in [7, 11) is 0. The summed E-state index contributed by atoms with van der Waals surface area (Å²) in [5.74, 6) is -0.566. The van der Waals surface area contributed by atoms with Crippen molar-refractivity contribution in [2.75, 3.05) is 5.75 Å². The molecule has 0 aliphatic carbocycles. The van der Waals surface area contributed by atoms with E-state index >= 15 is 0 Å². The van der Waals surface area contributed by atoms with Gasteiger partial charge < -0.3 is 5.11 Å². The first kappa shape index (κ1) is 21.6. The minimum Gasteiger partial charge on any atom is -0.481 e. The van der Waals surface area contributed by atoms with Crippen molar-refractivity contribution < 1.29 is 9.90 Å². The standard InChI is InChI=1S/C19H36O2S/c1-16(2,3)11-10-12-17(4,5)18(6,7)14-19(8,9)22-13-15(20)21/h10,12H,11,13-14H2,1-9H3,(H,20,21)/b12-10-. The van der Waals surface area contributed by atoms with Crippen LogP contribution in [0.3, 0.4) is 0 Å². The third kappa shape index (κ3) is 8.26. The fourth-order valence-electron chi connectivity index (χ4n) is 2.53. The van der Waals surface area contributed by atoms with Gasteiger partial charge in [-0.3, -0.25) is 4.79 Å². The Bertz CT molecular complexity index is 398. The average Bonchev–Trinajstić information content (AvgIpc) is 2.22. The molecule has 0 spiro atoms. The summed E-state index contributed by atoms with van der Waals surface area (Å²) in [6, 6.07) is 0. The predicted molar refractivity (Wildman–Crippen MR) is 99.6 cm³/mol. The highest BCUT2D eigenvalue weighted by atomic mass is 32.2. The van der Waals surface area contributed by atoms with Gasteiger partial charge >= 0.3 is 5.97 Å². The summed E-state index contributed by atoms with van der Waals surface area (Å²) >= 11 is 1.53. The summed E-state index contributed by atoms with van der Waals surface area (Å²) in [6.45, 7) is 20.2. The Morgan fingerprint density at radius 1 is 1.00 bits per heavy atom. The molecule has 0 fully saturated rings. The van der Waals surface area contributed by atoms with Crippen LogP contribution >= 0.6 is 11.8 Å². The van der Waals surface area contributed by atoms with Crippen LogP contribution in [0, 0.1) is 16.2 Å². The highest BCUT2D eigenvalue weighted by Crippen LogP contribution is 2.48. The third-order valence-electron chi connectivity index (χ3n) is 4.46. The van der Waals surface area contributed by atoms with Crippen LogP contribution in [-0.4, -0.2) is 21.6 Å². The number of carboxylic acids is 1. The SMILES string of the molecule is CC(C)(C)C/C=C\C(C)(C)C(C)(C)CC(C)(C)SCC(=O)O. The molecule has 22 heavy (non-hydrogen) atoms. The first-order chi connectivity index (χ1) is 9.58. The maximum absolute atomic E-state index is 10.8. The Morgan fingerprint density at radius 2 is 1.50 bits per heavy atom. The van der Waals surface area contributed by atoms with Crippen LogP contribution in [-0.2, 0) is 4.79 Å². The number of hydrogen-bond donors (Lipinski definition) is 1. The van der Waals surface area contributed by atoms with E-state index in [0.717, 1.165) is 12.8 Å². The quantitative estimate of drug-likeness (QED) is 0.554. The molecule has 2 nitrogen and oxygen atoms in total. The lowest BCUT2D eigenvalue weighted by Gasteiger charge is -2.44. The van der Waals surface area contributed by atoms with Crippen molar-refractivity contribution >= 4 is 17.7 Å². The Hall–Kier alpha value is -0.440. The summed E-state index contributed by atoms with van der Waals surface area (Å²) in [5, 5.41) is 8.90. The minimum absolute atomic E-state index is 0.0446. The number of thioether (sulfide) groups is 1. The summed E-state index contributed by atoms with van der Waals surface area (Å²) in [5.41, 5.74) is 0.475. The van der Waals surface area contributed by atoms with Crippen LogP contribution in [0.25, 0.3) is 0 Å². The van der Waals surface area contributed by atoms with Crippen molar-refractivity contribution in [2.24, 2.45) is 16.2 Å². The molecule has 0 aromatic rings. The van der Waals surface area contributed by atoms with Gasteiger partial charge in [-0.1, -0.05) is 74.5 Å². The average molecular weight is 329 g/mol. The molecule has 0 heterocycles. The van der Waals surface area contributed by atoms with Crippen molar-refractivity contribution in [1.82, 2.24) is 0 Å². The van der Waals surface area contributed by atoms with Gasteiger partial charge in [0.1, 0.15) is 0 Å². The van der Waals surface area contributed by atoms with E-state index in [-0.39, 0.29) is 21.3 Å². The fourth-order valence-corrected chi connectivity index (χ4v) is 3.51. The largest absolute Gasteiger partial charge is 0.481 e. The van der Waals surface area contributed by atoms with Gasteiger partial charge in [-0.05, 0) is 29.1 Å². The molecule has 130 valence electrons. The lowest BCUT2D eigenvalue weighted by Crippen LogP contribution is -2.37. The molecule has 0 bridgehead atoms. The molecule has 0 atom stereocenters. The van der Waals surface area contributed by atoms with Crippen molar-refractivity contribution in [3.05, 3.63) is 12.2 Å². The van der Waals surface area contributed by atoms with Crippen LogP contribution in [0.15, 0.2) is 12.2 Å². The first-order valence-corrected chi connectivity index (χ1v) is 9.10. The third-order valence-corrected chi connectivity index (χ3v) is 5.78. The second-order valence-corrected chi connectivity index (χ2v) is 11.1. The molecule has 0 aliphatic heterocycles. The Morgan fingerprint density at radius 3 is 1.91 bits per heavy atom. The zero-order valence-electron chi connectivity index (χ0n) is 16.0. The second kappa shape index (κ2) is 7.42. The van der Waals surface area contributed by atoms with Gasteiger partial charge in [0, 0.05) is 4.75 Å². The number of rotatable bonds is 8. The Labute approximate surface area is 142 Å². The Kier molecular flexibility index (Phi) is 7.27. The lowest BCUT2D eigenvalue weighted by atomic mass is 9.64. The second-order valence-electron chi connectivity index (χ2n) is 9.39. The van der Waals surface area contributed by atoms with Crippen LogP contribution in [0.5, 0.6) is 0 Å². The number of carboxylic acid groups (broad SMARTS) is 1. The molecular formula is C19H36O2S. The molecule has 0 saturated heterocycles. The molecule has 0 amide bonds. The monoisotopic (exact) mass is 328 g/mol. The molecule has 0 aliphatic rings. The Balaban J connectivity index is 4.91. The van der Waals surface area contributed by atoms with E-state index in [1.54, 1.807) is 0 Å². The van der Waals surface area contributed by atoms with Crippen LogP contribution < -0.4 is 0 Å². The van der Waals surface area contributed by atoms with Crippen molar-refractivity contribution in [3.8, 4) is 0 Å². The van der Waals surface area contributed by atoms with Crippen molar-refractivity contribution in [3.63, 3.8) is 0 Å². The van der Waals surface area contributed by atoms with E-state index in [1.807, 2.05) is 0 Å². The summed E-state index contributed by atoms with van der Waals surface area (Å²) in [6.07, 6.45) is 6.70. The van der Waals surface area contributed by atoms with Gasteiger partial charge in [-0.2, -0.15) is 0 Å². The maximum atomic E-state index is 10.8. The van der Waals surface area contributed by atoms with Crippen molar-refractivity contribution in [2.45, 2.75) is 79.9 Å². The number of aliphatic carboxylic acids is 1. The van der Waals surface area contributed by atoms with E-state index in [1.165, 1.54) is 11.8 Å². The predicted octanol–water partition coefficient (Wildman–Crippen LogP) is 6.02. The van der Waals surface area contributed by atoms with E-state index < -0.39 is 5.97 Å².